The Bertz CT molecular complexity index is 872. The third-order valence-corrected chi connectivity index (χ3v) is 5.04. The Morgan fingerprint density at radius 2 is 2.00 bits per heavy atom. The largest absolute Gasteiger partial charge is 0.434 e. The fraction of sp³-hybridized carbons (Fsp3) is 0.450. The van der Waals surface area contributed by atoms with Crippen LogP contribution in [-0.4, -0.2) is 29.4 Å². The molecule has 0 fully saturated rings. The zero-order valence-corrected chi connectivity index (χ0v) is 20.7. The van der Waals surface area contributed by atoms with Crippen LogP contribution in [0.15, 0.2) is 34.6 Å². The molecule has 1 atom stereocenters. The molecule has 1 heterocycles. The van der Waals surface area contributed by atoms with E-state index >= 15 is 0 Å². The quantitative estimate of drug-likeness (QED) is 0.248. The summed E-state index contributed by atoms with van der Waals surface area (Å²) < 4.78 is 38.0. The molecule has 0 aliphatic carbocycles. The molecule has 11 heteroatoms. The van der Waals surface area contributed by atoms with Crippen molar-refractivity contribution < 1.29 is 18.0 Å². The Labute approximate surface area is 201 Å². The zero-order valence-electron chi connectivity index (χ0n) is 17.5. The second-order valence-corrected chi connectivity index (χ2v) is 7.60. The lowest BCUT2D eigenvalue weighted by Gasteiger charge is -2.12. The lowest BCUT2D eigenvalue weighted by atomic mass is 10.1. The number of halogens is 4. The Morgan fingerprint density at radius 3 is 2.61 bits per heavy atom. The van der Waals surface area contributed by atoms with E-state index in [2.05, 4.69) is 25.9 Å². The van der Waals surface area contributed by atoms with Gasteiger partial charge in [-0.2, -0.15) is 13.2 Å². The van der Waals surface area contributed by atoms with Crippen LogP contribution in [-0.2, 0) is 19.3 Å². The van der Waals surface area contributed by atoms with Crippen molar-refractivity contribution in [1.29, 1.82) is 0 Å². The number of carbonyl (C=O) groups excluding carboxylic acids is 1. The summed E-state index contributed by atoms with van der Waals surface area (Å²) in [4.78, 5) is 20.3. The first-order valence-corrected chi connectivity index (χ1v) is 10.5. The number of nitrogens with one attached hydrogen (secondary N) is 3. The Hall–Kier alpha value is -1.89. The number of thiazole rings is 1. The Morgan fingerprint density at radius 1 is 1.26 bits per heavy atom. The monoisotopic (exact) mass is 569 g/mol. The van der Waals surface area contributed by atoms with Gasteiger partial charge in [0.2, 0.25) is 0 Å². The van der Waals surface area contributed by atoms with Crippen LogP contribution in [0.2, 0.25) is 0 Å². The number of amides is 1. The van der Waals surface area contributed by atoms with Crippen LogP contribution in [0.5, 0.6) is 0 Å². The van der Waals surface area contributed by atoms with E-state index in [0.29, 0.717) is 29.6 Å². The minimum Gasteiger partial charge on any atom is -0.357 e. The average molecular weight is 569 g/mol. The molecule has 31 heavy (non-hydrogen) atoms. The third-order valence-electron chi connectivity index (χ3n) is 4.19. The van der Waals surface area contributed by atoms with Gasteiger partial charge < -0.3 is 16.0 Å². The molecule has 2 aromatic rings. The first-order valence-electron chi connectivity index (χ1n) is 9.66. The highest BCUT2D eigenvalue weighted by Gasteiger charge is 2.33. The highest BCUT2D eigenvalue weighted by Crippen LogP contribution is 2.29. The van der Waals surface area contributed by atoms with E-state index in [1.165, 1.54) is 0 Å². The fourth-order valence-electron chi connectivity index (χ4n) is 2.41. The van der Waals surface area contributed by atoms with Crippen molar-refractivity contribution >= 4 is 47.2 Å². The number of alkyl halides is 3. The Balaban J connectivity index is 0.00000480. The highest BCUT2D eigenvalue weighted by atomic mass is 127. The lowest BCUT2D eigenvalue weighted by Crippen LogP contribution is -2.36. The van der Waals surface area contributed by atoms with Gasteiger partial charge in [0.15, 0.2) is 11.7 Å². The molecule has 1 aromatic heterocycles. The maximum Gasteiger partial charge on any atom is 0.434 e. The van der Waals surface area contributed by atoms with Gasteiger partial charge in [-0.05, 0) is 38.0 Å². The van der Waals surface area contributed by atoms with Crippen LogP contribution in [0.3, 0.4) is 0 Å². The van der Waals surface area contributed by atoms with Crippen LogP contribution in [0.4, 0.5) is 13.2 Å². The van der Waals surface area contributed by atoms with Crippen molar-refractivity contribution in [1.82, 2.24) is 20.9 Å². The molecule has 0 aliphatic heterocycles. The van der Waals surface area contributed by atoms with E-state index in [1.807, 2.05) is 26.8 Å². The van der Waals surface area contributed by atoms with Crippen molar-refractivity contribution in [2.24, 2.45) is 4.99 Å². The molecular formula is C20H27F3IN5OS. The maximum absolute atomic E-state index is 12.7. The molecule has 6 nitrogen and oxygen atoms in total. The van der Waals surface area contributed by atoms with Gasteiger partial charge in [-0.3, -0.25) is 4.79 Å². The van der Waals surface area contributed by atoms with Gasteiger partial charge >= 0.3 is 6.18 Å². The van der Waals surface area contributed by atoms with Gasteiger partial charge in [-0.15, -0.1) is 35.3 Å². The van der Waals surface area contributed by atoms with Gasteiger partial charge in [0.05, 0.1) is 13.1 Å². The summed E-state index contributed by atoms with van der Waals surface area (Å²) in [7, 11) is 0. The van der Waals surface area contributed by atoms with Crippen LogP contribution in [0, 0.1) is 0 Å². The lowest BCUT2D eigenvalue weighted by molar-refractivity contribution is -0.140. The minimum atomic E-state index is -4.44. The predicted octanol–water partition coefficient (Wildman–Crippen LogP) is 4.56. The van der Waals surface area contributed by atoms with E-state index in [4.69, 9.17) is 0 Å². The third kappa shape index (κ3) is 9.01. The van der Waals surface area contributed by atoms with Crippen LogP contribution < -0.4 is 16.0 Å². The molecule has 0 saturated carbocycles. The van der Waals surface area contributed by atoms with Crippen molar-refractivity contribution in [3.8, 4) is 0 Å². The molecule has 3 N–H and O–H groups in total. The molecule has 1 amide bonds. The number of hydrogen-bond donors (Lipinski definition) is 3. The van der Waals surface area contributed by atoms with E-state index in [9.17, 15) is 18.0 Å². The summed E-state index contributed by atoms with van der Waals surface area (Å²) in [6.45, 7) is 6.87. The first kappa shape index (κ1) is 27.1. The second kappa shape index (κ2) is 12.8. The summed E-state index contributed by atoms with van der Waals surface area (Å²) >= 11 is 0.942. The molecule has 2 rings (SSSR count). The second-order valence-electron chi connectivity index (χ2n) is 6.66. The van der Waals surface area contributed by atoms with Gasteiger partial charge in [0, 0.05) is 23.5 Å². The molecule has 0 saturated heterocycles. The average Bonchev–Trinajstić information content (AvgIpc) is 3.20. The number of hydrogen-bond acceptors (Lipinski definition) is 4. The van der Waals surface area contributed by atoms with Crippen LogP contribution >= 0.6 is 35.3 Å². The molecular weight excluding hydrogens is 542 g/mol. The number of nitrogens with zero attached hydrogens (tertiary/aromatic N) is 2. The summed E-state index contributed by atoms with van der Waals surface area (Å²) in [6.07, 6.45) is -3.60. The van der Waals surface area contributed by atoms with Crippen LogP contribution in [0.25, 0.3) is 0 Å². The first-order chi connectivity index (χ1) is 14.2. The molecule has 0 spiro atoms. The number of carbonyl (C=O) groups is 1. The van der Waals surface area contributed by atoms with Crippen molar-refractivity contribution in [3.05, 3.63) is 51.5 Å². The van der Waals surface area contributed by atoms with Gasteiger partial charge in [0.25, 0.3) is 5.91 Å². The Kier molecular flexibility index (Phi) is 11.2. The number of aromatic nitrogens is 1. The molecule has 0 radical (unpaired) electrons. The standard InChI is InChI=1S/C20H26F3N5OS.HI/c1-4-13(3)27-18(29)15-8-6-7-14(9-15)10-25-19(24-5-2)26-11-17-28-16(12-30-17)20(21,22)23;/h6-9,12-13H,4-5,10-11H2,1-3H3,(H,27,29)(H2,24,25,26);1H. The number of guanidine groups is 1. The van der Waals surface area contributed by atoms with Crippen molar-refractivity contribution in [2.75, 3.05) is 6.54 Å². The highest BCUT2D eigenvalue weighted by molar-refractivity contribution is 14.0. The van der Waals surface area contributed by atoms with E-state index < -0.39 is 11.9 Å². The van der Waals surface area contributed by atoms with Gasteiger partial charge in [-0.25, -0.2) is 9.98 Å². The normalized spacial score (nSPS) is 12.6. The molecule has 0 aliphatic rings. The smallest absolute Gasteiger partial charge is 0.357 e. The summed E-state index contributed by atoms with van der Waals surface area (Å²) in [5.74, 6) is 0.320. The molecule has 0 bridgehead atoms. The van der Waals surface area contributed by atoms with Gasteiger partial charge in [-0.1, -0.05) is 19.1 Å². The topological polar surface area (TPSA) is 78.4 Å². The summed E-state index contributed by atoms with van der Waals surface area (Å²) in [6, 6.07) is 7.28. The fourth-order valence-corrected chi connectivity index (χ4v) is 3.15. The van der Waals surface area contributed by atoms with Crippen LogP contribution in [0.1, 0.15) is 53.8 Å². The molecule has 172 valence electrons. The van der Waals surface area contributed by atoms with Crippen molar-refractivity contribution in [2.45, 2.75) is 52.5 Å². The summed E-state index contributed by atoms with van der Waals surface area (Å²) in [5, 5.41) is 10.3. The summed E-state index contributed by atoms with van der Waals surface area (Å²) in [5.41, 5.74) is 0.514. The van der Waals surface area contributed by atoms with E-state index in [-0.39, 0.29) is 42.5 Å². The molecule has 1 aromatic carbocycles. The number of rotatable bonds is 8. The van der Waals surface area contributed by atoms with E-state index in [1.54, 1.807) is 18.2 Å². The number of aliphatic imine (C=N–C) groups is 1. The van der Waals surface area contributed by atoms with Crippen molar-refractivity contribution in [3.63, 3.8) is 0 Å². The van der Waals surface area contributed by atoms with Gasteiger partial charge in [0.1, 0.15) is 5.01 Å². The maximum atomic E-state index is 12.7. The minimum absolute atomic E-state index is 0. The zero-order chi connectivity index (χ0) is 22.1. The van der Waals surface area contributed by atoms with E-state index in [0.717, 1.165) is 28.7 Å². The predicted molar refractivity (Wildman–Crippen MR) is 128 cm³/mol. The SMILES string of the molecule is CCNC(=NCc1cccc(C(=O)NC(C)CC)c1)NCc1nc(C(F)(F)F)cs1.I. The number of benzene rings is 1. The molecule has 1 unspecified atom stereocenters.